The molecule has 0 aromatic heterocycles. The summed E-state index contributed by atoms with van der Waals surface area (Å²) in [5.41, 5.74) is 0. The number of thiocarbonyl (C=S) groups is 1. The van der Waals surface area contributed by atoms with E-state index in [4.69, 9.17) is 12.2 Å². The summed E-state index contributed by atoms with van der Waals surface area (Å²) in [6.07, 6.45) is 14.1. The Morgan fingerprint density at radius 2 is 1.32 bits per heavy atom. The van der Waals surface area contributed by atoms with E-state index in [-0.39, 0.29) is 0 Å². The van der Waals surface area contributed by atoms with Crippen LogP contribution in [0.5, 0.6) is 0 Å². The van der Waals surface area contributed by atoms with Crippen molar-refractivity contribution in [2.75, 3.05) is 5.75 Å². The standard InChI is InChI=1S/C16H32S3/c1-4-5-6-7-8-9-10-11-12-13-14-18-16(17)19-15(2)3/h15H,4-14H2,1-3H3. The topological polar surface area (TPSA) is 0 Å². The first-order valence-corrected chi connectivity index (χ1v) is 10.3. The summed E-state index contributed by atoms with van der Waals surface area (Å²) in [6.45, 7) is 6.69. The Hall–Kier alpha value is 0.790. The fraction of sp³-hybridized carbons (Fsp3) is 0.938. The minimum atomic E-state index is 0.632. The zero-order valence-corrected chi connectivity index (χ0v) is 15.5. The van der Waals surface area contributed by atoms with Gasteiger partial charge in [-0.25, -0.2) is 0 Å². The monoisotopic (exact) mass is 320 g/mol. The zero-order chi connectivity index (χ0) is 14.3. The van der Waals surface area contributed by atoms with Crippen LogP contribution in [0.15, 0.2) is 0 Å². The molecule has 0 saturated heterocycles. The van der Waals surface area contributed by atoms with Gasteiger partial charge in [0.1, 0.15) is 3.53 Å². The first-order valence-electron chi connectivity index (χ1n) is 8.00. The maximum absolute atomic E-state index is 5.33. The molecule has 0 aliphatic carbocycles. The molecule has 0 aromatic carbocycles. The molecule has 0 bridgehead atoms. The first kappa shape index (κ1) is 19.8. The van der Waals surface area contributed by atoms with Crippen molar-refractivity contribution in [2.45, 2.75) is 90.2 Å². The number of thioether (sulfide) groups is 2. The molecule has 0 fully saturated rings. The van der Waals surface area contributed by atoms with Gasteiger partial charge in [-0.2, -0.15) is 0 Å². The number of rotatable bonds is 12. The van der Waals surface area contributed by atoms with Gasteiger partial charge >= 0.3 is 0 Å². The molecule has 0 aliphatic rings. The molecule has 0 unspecified atom stereocenters. The molecule has 0 aromatic rings. The van der Waals surface area contributed by atoms with Gasteiger partial charge in [-0.3, -0.25) is 0 Å². The highest BCUT2D eigenvalue weighted by Crippen LogP contribution is 2.22. The van der Waals surface area contributed by atoms with Crippen LogP contribution in [0.3, 0.4) is 0 Å². The van der Waals surface area contributed by atoms with Crippen molar-refractivity contribution in [3.8, 4) is 0 Å². The van der Waals surface area contributed by atoms with E-state index >= 15 is 0 Å². The van der Waals surface area contributed by atoms with Crippen molar-refractivity contribution in [1.82, 2.24) is 0 Å². The molecule has 0 saturated carbocycles. The second-order valence-electron chi connectivity index (χ2n) is 5.45. The molecule has 0 amide bonds. The molecule has 0 rings (SSSR count). The molecule has 0 spiro atoms. The lowest BCUT2D eigenvalue weighted by molar-refractivity contribution is 0.563. The van der Waals surface area contributed by atoms with Crippen LogP contribution in [0.2, 0.25) is 0 Å². The third-order valence-corrected chi connectivity index (χ3v) is 5.73. The van der Waals surface area contributed by atoms with Gasteiger partial charge in [-0.15, -0.1) is 23.5 Å². The van der Waals surface area contributed by atoms with Crippen LogP contribution in [-0.2, 0) is 0 Å². The van der Waals surface area contributed by atoms with E-state index in [0.29, 0.717) is 5.25 Å². The maximum atomic E-state index is 5.33. The first-order chi connectivity index (χ1) is 9.16. The minimum Gasteiger partial charge on any atom is -0.108 e. The fourth-order valence-corrected chi connectivity index (χ4v) is 4.80. The van der Waals surface area contributed by atoms with Crippen LogP contribution in [-0.4, -0.2) is 14.5 Å². The van der Waals surface area contributed by atoms with Crippen molar-refractivity contribution in [3.05, 3.63) is 0 Å². The van der Waals surface area contributed by atoms with Gasteiger partial charge in [0, 0.05) is 5.25 Å². The van der Waals surface area contributed by atoms with Crippen molar-refractivity contribution >= 4 is 39.3 Å². The van der Waals surface area contributed by atoms with E-state index in [1.54, 1.807) is 0 Å². The summed E-state index contributed by atoms with van der Waals surface area (Å²) in [5.74, 6) is 1.22. The fourth-order valence-electron chi connectivity index (χ4n) is 1.97. The Bertz CT molecular complexity index is 202. The van der Waals surface area contributed by atoms with E-state index in [2.05, 4.69) is 20.8 Å². The van der Waals surface area contributed by atoms with Crippen LogP contribution in [0.25, 0.3) is 0 Å². The van der Waals surface area contributed by atoms with Gasteiger partial charge in [0.05, 0.1) is 0 Å². The molecule has 0 aliphatic heterocycles. The second-order valence-corrected chi connectivity index (χ2v) is 9.32. The molecule has 3 heteroatoms. The number of hydrogen-bond acceptors (Lipinski definition) is 3. The summed E-state index contributed by atoms with van der Waals surface area (Å²) >= 11 is 9.03. The Kier molecular flexibility index (Phi) is 15.8. The predicted octanol–water partition coefficient (Wildman–Crippen LogP) is 7.07. The van der Waals surface area contributed by atoms with E-state index in [9.17, 15) is 0 Å². The Morgan fingerprint density at radius 3 is 1.79 bits per heavy atom. The van der Waals surface area contributed by atoms with E-state index < -0.39 is 0 Å². The molecule has 0 N–H and O–H groups in total. The Morgan fingerprint density at radius 1 is 0.842 bits per heavy atom. The molecular formula is C16H32S3. The maximum Gasteiger partial charge on any atom is 0.104 e. The lowest BCUT2D eigenvalue weighted by Gasteiger charge is -2.06. The van der Waals surface area contributed by atoms with Gasteiger partial charge < -0.3 is 0 Å². The molecule has 19 heavy (non-hydrogen) atoms. The zero-order valence-electron chi connectivity index (χ0n) is 13.1. The van der Waals surface area contributed by atoms with Gasteiger partial charge in [-0.05, 0) is 12.2 Å². The summed E-state index contributed by atoms with van der Waals surface area (Å²) in [4.78, 5) is 0. The van der Waals surface area contributed by atoms with Crippen LogP contribution in [0.4, 0.5) is 0 Å². The smallest absolute Gasteiger partial charge is 0.104 e. The predicted molar refractivity (Wildman–Crippen MR) is 99.6 cm³/mol. The highest BCUT2D eigenvalue weighted by atomic mass is 32.2. The highest BCUT2D eigenvalue weighted by molar-refractivity contribution is 8.47. The summed E-state index contributed by atoms with van der Waals surface area (Å²) in [6, 6.07) is 0. The summed E-state index contributed by atoms with van der Waals surface area (Å²) < 4.78 is 1.13. The molecule has 0 nitrogen and oxygen atoms in total. The van der Waals surface area contributed by atoms with E-state index in [0.717, 1.165) is 3.53 Å². The van der Waals surface area contributed by atoms with Gasteiger partial charge in [-0.1, -0.05) is 90.8 Å². The van der Waals surface area contributed by atoms with Crippen LogP contribution in [0.1, 0.15) is 85.0 Å². The quantitative estimate of drug-likeness (QED) is 0.279. The second kappa shape index (κ2) is 15.2. The Labute approximate surface area is 135 Å². The molecule has 0 radical (unpaired) electrons. The van der Waals surface area contributed by atoms with Gasteiger partial charge in [0.25, 0.3) is 0 Å². The van der Waals surface area contributed by atoms with Crippen molar-refractivity contribution in [1.29, 1.82) is 0 Å². The average molecular weight is 321 g/mol. The van der Waals surface area contributed by atoms with E-state index in [1.165, 1.54) is 70.0 Å². The lowest BCUT2D eigenvalue weighted by atomic mass is 10.1. The van der Waals surface area contributed by atoms with Crippen molar-refractivity contribution in [3.63, 3.8) is 0 Å². The molecule has 114 valence electrons. The van der Waals surface area contributed by atoms with E-state index in [1.807, 2.05) is 23.5 Å². The number of unbranched alkanes of at least 4 members (excludes halogenated alkanes) is 9. The highest BCUT2D eigenvalue weighted by Gasteiger charge is 2.01. The van der Waals surface area contributed by atoms with Gasteiger partial charge in [0.2, 0.25) is 0 Å². The average Bonchev–Trinajstić information content (AvgIpc) is 2.35. The normalized spacial score (nSPS) is 11.2. The number of hydrogen-bond donors (Lipinski definition) is 0. The summed E-state index contributed by atoms with van der Waals surface area (Å²) in [5, 5.41) is 0.632. The van der Waals surface area contributed by atoms with Crippen molar-refractivity contribution in [2.24, 2.45) is 0 Å². The molecule has 0 heterocycles. The van der Waals surface area contributed by atoms with Crippen LogP contribution >= 0.6 is 35.7 Å². The third kappa shape index (κ3) is 16.7. The van der Waals surface area contributed by atoms with Gasteiger partial charge in [0.15, 0.2) is 0 Å². The van der Waals surface area contributed by atoms with Crippen molar-refractivity contribution < 1.29 is 0 Å². The summed E-state index contributed by atoms with van der Waals surface area (Å²) in [7, 11) is 0. The Balaban J connectivity index is 3.08. The minimum absolute atomic E-state index is 0.632. The SMILES string of the molecule is CCCCCCCCCCCCSC(=S)SC(C)C. The lowest BCUT2D eigenvalue weighted by Crippen LogP contribution is -1.93. The van der Waals surface area contributed by atoms with Crippen LogP contribution < -0.4 is 0 Å². The molecular weight excluding hydrogens is 288 g/mol. The largest absolute Gasteiger partial charge is 0.108 e. The third-order valence-electron chi connectivity index (χ3n) is 3.05. The molecule has 0 atom stereocenters. The van der Waals surface area contributed by atoms with Crippen LogP contribution in [0, 0.1) is 0 Å².